The zero-order chi connectivity index (χ0) is 21.3. The van der Waals surface area contributed by atoms with E-state index in [-0.39, 0.29) is 12.3 Å². The van der Waals surface area contributed by atoms with E-state index in [4.69, 9.17) is 9.15 Å². The molecule has 0 saturated carbocycles. The van der Waals surface area contributed by atoms with E-state index in [0.717, 1.165) is 5.56 Å². The van der Waals surface area contributed by atoms with Gasteiger partial charge in [-0.05, 0) is 54.4 Å². The van der Waals surface area contributed by atoms with Gasteiger partial charge in [-0.2, -0.15) is 5.10 Å². The molecule has 0 fully saturated rings. The first-order chi connectivity index (χ1) is 14.5. The van der Waals surface area contributed by atoms with Gasteiger partial charge in [-0.25, -0.2) is 10.2 Å². The van der Waals surface area contributed by atoms with E-state index in [9.17, 15) is 14.4 Å². The number of nitrogens with zero attached hydrogens (tertiary/aromatic N) is 1. The fourth-order valence-electron chi connectivity index (χ4n) is 2.42. The summed E-state index contributed by atoms with van der Waals surface area (Å²) in [6.45, 7) is 1.92. The molecule has 0 aliphatic carbocycles. The van der Waals surface area contributed by atoms with Crippen LogP contribution >= 0.6 is 0 Å². The molecule has 1 heterocycles. The van der Waals surface area contributed by atoms with Gasteiger partial charge in [-0.1, -0.05) is 30.3 Å². The maximum Gasteiger partial charge on any atom is 0.379 e. The summed E-state index contributed by atoms with van der Waals surface area (Å²) < 4.78 is 10.2. The fourth-order valence-corrected chi connectivity index (χ4v) is 2.42. The maximum absolute atomic E-state index is 11.9. The molecule has 8 nitrogen and oxygen atoms in total. The van der Waals surface area contributed by atoms with Crippen LogP contribution in [0.4, 0.5) is 0 Å². The average Bonchev–Trinajstić information content (AvgIpc) is 3.32. The smallest absolute Gasteiger partial charge is 0.379 e. The highest BCUT2D eigenvalue weighted by molar-refractivity contribution is 6.35. The molecule has 0 aliphatic rings. The van der Waals surface area contributed by atoms with Crippen LogP contribution < -0.4 is 15.5 Å². The lowest BCUT2D eigenvalue weighted by atomic mass is 10.1. The van der Waals surface area contributed by atoms with Crippen molar-refractivity contribution in [1.82, 2.24) is 10.7 Å². The SMILES string of the molecule is C/C(=N\NC(=O)C(=O)NCc1ccccc1)c1ccc(OC(=O)c2ccco2)cc1. The van der Waals surface area contributed by atoms with Crippen molar-refractivity contribution in [2.45, 2.75) is 13.5 Å². The molecule has 0 spiro atoms. The van der Waals surface area contributed by atoms with Crippen molar-refractivity contribution in [3.8, 4) is 5.75 Å². The van der Waals surface area contributed by atoms with E-state index in [0.29, 0.717) is 17.0 Å². The molecule has 3 aromatic rings. The quantitative estimate of drug-likeness (QED) is 0.215. The van der Waals surface area contributed by atoms with Gasteiger partial charge in [-0.15, -0.1) is 0 Å². The molecule has 0 radical (unpaired) electrons. The van der Waals surface area contributed by atoms with Gasteiger partial charge in [-0.3, -0.25) is 9.59 Å². The number of furan rings is 1. The molecule has 30 heavy (non-hydrogen) atoms. The minimum absolute atomic E-state index is 0.102. The molecule has 8 heteroatoms. The first-order valence-electron chi connectivity index (χ1n) is 9.05. The number of ether oxygens (including phenoxy) is 1. The van der Waals surface area contributed by atoms with Crippen LogP contribution in [0.25, 0.3) is 0 Å². The van der Waals surface area contributed by atoms with Crippen molar-refractivity contribution in [3.63, 3.8) is 0 Å². The third-order valence-corrected chi connectivity index (χ3v) is 4.03. The number of carbonyl (C=O) groups is 3. The van der Waals surface area contributed by atoms with Gasteiger partial charge in [0.05, 0.1) is 12.0 Å². The summed E-state index contributed by atoms with van der Waals surface area (Å²) in [7, 11) is 0. The van der Waals surface area contributed by atoms with Crippen molar-refractivity contribution in [3.05, 3.63) is 89.9 Å². The Morgan fingerprint density at radius 2 is 1.67 bits per heavy atom. The van der Waals surface area contributed by atoms with Crippen LogP contribution in [0.5, 0.6) is 5.75 Å². The predicted octanol–water partition coefficient (Wildman–Crippen LogP) is 2.66. The lowest BCUT2D eigenvalue weighted by molar-refractivity contribution is -0.139. The molecule has 152 valence electrons. The molecule has 1 aromatic heterocycles. The Hall–Kier alpha value is -4.20. The largest absolute Gasteiger partial charge is 0.457 e. The summed E-state index contributed by atoms with van der Waals surface area (Å²) in [4.78, 5) is 35.6. The summed E-state index contributed by atoms with van der Waals surface area (Å²) >= 11 is 0. The zero-order valence-corrected chi connectivity index (χ0v) is 16.1. The highest BCUT2D eigenvalue weighted by Crippen LogP contribution is 2.15. The maximum atomic E-state index is 11.9. The van der Waals surface area contributed by atoms with E-state index < -0.39 is 17.8 Å². The van der Waals surface area contributed by atoms with Crippen LogP contribution in [-0.2, 0) is 16.1 Å². The van der Waals surface area contributed by atoms with Crippen LogP contribution in [0.1, 0.15) is 28.6 Å². The van der Waals surface area contributed by atoms with Crippen molar-refractivity contribution >= 4 is 23.5 Å². The number of carbonyl (C=O) groups excluding carboxylic acids is 3. The Balaban J connectivity index is 1.51. The molecule has 0 atom stereocenters. The number of benzene rings is 2. The van der Waals surface area contributed by atoms with Crippen LogP contribution in [0, 0.1) is 0 Å². The van der Waals surface area contributed by atoms with Gasteiger partial charge in [0.1, 0.15) is 5.75 Å². The number of rotatable bonds is 6. The number of amides is 2. The molecule has 0 unspecified atom stereocenters. The Labute approximate surface area is 172 Å². The Kier molecular flexibility index (Phi) is 6.73. The molecular weight excluding hydrogens is 386 g/mol. The third-order valence-electron chi connectivity index (χ3n) is 4.03. The van der Waals surface area contributed by atoms with E-state index in [1.54, 1.807) is 37.3 Å². The Morgan fingerprint density at radius 1 is 0.933 bits per heavy atom. The molecule has 0 bridgehead atoms. The number of hydrogen-bond acceptors (Lipinski definition) is 6. The second-order valence-corrected chi connectivity index (χ2v) is 6.20. The number of hydrazone groups is 1. The molecule has 0 aliphatic heterocycles. The summed E-state index contributed by atoms with van der Waals surface area (Å²) in [5, 5.41) is 6.46. The standard InChI is InChI=1S/C22H19N3O5/c1-15(24-25-21(27)20(26)23-14-16-6-3-2-4-7-16)17-9-11-18(12-10-17)30-22(28)19-8-5-13-29-19/h2-13H,14H2,1H3,(H,23,26)(H,25,27)/b24-15+. The topological polar surface area (TPSA) is 110 Å². The molecule has 0 saturated heterocycles. The van der Waals surface area contributed by atoms with Crippen LogP contribution in [0.2, 0.25) is 0 Å². The number of hydrogen-bond donors (Lipinski definition) is 2. The van der Waals surface area contributed by atoms with Gasteiger partial charge in [0, 0.05) is 6.54 Å². The van der Waals surface area contributed by atoms with Gasteiger partial charge < -0.3 is 14.5 Å². The number of nitrogens with one attached hydrogen (secondary N) is 2. The van der Waals surface area contributed by atoms with Crippen LogP contribution in [0.3, 0.4) is 0 Å². The highest BCUT2D eigenvalue weighted by atomic mass is 16.5. The van der Waals surface area contributed by atoms with Crippen molar-refractivity contribution in [1.29, 1.82) is 0 Å². The minimum Gasteiger partial charge on any atom is -0.457 e. The first kappa shape index (κ1) is 20.5. The van der Waals surface area contributed by atoms with Crippen LogP contribution in [-0.4, -0.2) is 23.5 Å². The number of esters is 1. The molecule has 3 rings (SSSR count). The van der Waals surface area contributed by atoms with Crippen molar-refractivity contribution in [2.75, 3.05) is 0 Å². The normalized spacial score (nSPS) is 10.9. The van der Waals surface area contributed by atoms with E-state index in [1.165, 1.54) is 12.3 Å². The minimum atomic E-state index is -0.866. The second-order valence-electron chi connectivity index (χ2n) is 6.20. The third kappa shape index (κ3) is 5.65. The van der Waals surface area contributed by atoms with E-state index >= 15 is 0 Å². The second kappa shape index (κ2) is 9.83. The molecule has 2 amide bonds. The summed E-state index contributed by atoms with van der Waals surface area (Å²) in [5.41, 5.74) is 4.26. The van der Waals surface area contributed by atoms with Gasteiger partial charge in [0.15, 0.2) is 0 Å². The molecule has 2 aromatic carbocycles. The van der Waals surface area contributed by atoms with Gasteiger partial charge in [0.2, 0.25) is 5.76 Å². The van der Waals surface area contributed by atoms with Crippen molar-refractivity contribution < 1.29 is 23.5 Å². The van der Waals surface area contributed by atoms with E-state index in [1.807, 2.05) is 30.3 Å². The fraction of sp³-hybridized carbons (Fsp3) is 0.0909. The lowest BCUT2D eigenvalue weighted by Crippen LogP contribution is -2.37. The predicted molar refractivity (Wildman–Crippen MR) is 109 cm³/mol. The first-order valence-corrected chi connectivity index (χ1v) is 9.05. The summed E-state index contributed by atoms with van der Waals surface area (Å²) in [5.74, 6) is -1.82. The summed E-state index contributed by atoms with van der Waals surface area (Å²) in [6.07, 6.45) is 1.38. The highest BCUT2D eigenvalue weighted by Gasteiger charge is 2.13. The monoisotopic (exact) mass is 405 g/mol. The van der Waals surface area contributed by atoms with Gasteiger partial charge >= 0.3 is 17.8 Å². The molecule has 2 N–H and O–H groups in total. The van der Waals surface area contributed by atoms with Gasteiger partial charge in [0.25, 0.3) is 0 Å². The van der Waals surface area contributed by atoms with Crippen LogP contribution in [0.15, 0.2) is 82.5 Å². The lowest BCUT2D eigenvalue weighted by Gasteiger charge is -2.06. The van der Waals surface area contributed by atoms with Crippen molar-refractivity contribution in [2.24, 2.45) is 5.10 Å². The summed E-state index contributed by atoms with van der Waals surface area (Å²) in [6, 6.07) is 18.9. The molecular formula is C22H19N3O5. The Morgan fingerprint density at radius 3 is 2.33 bits per heavy atom. The zero-order valence-electron chi connectivity index (χ0n) is 16.1. The average molecular weight is 405 g/mol. The van der Waals surface area contributed by atoms with E-state index in [2.05, 4.69) is 15.8 Å². The Bertz CT molecular complexity index is 1040.